The molecule has 3 heteroatoms. The summed E-state index contributed by atoms with van der Waals surface area (Å²) >= 11 is 0. The minimum absolute atomic E-state index is 0.0686. The summed E-state index contributed by atoms with van der Waals surface area (Å²) in [5.74, 6) is 0. The first kappa shape index (κ1) is 15.2. The summed E-state index contributed by atoms with van der Waals surface area (Å²) in [6.07, 6.45) is 0.195. The molecule has 3 nitrogen and oxygen atoms in total. The van der Waals surface area contributed by atoms with Crippen LogP contribution in [0.4, 0.5) is 0 Å². The molecule has 18 heavy (non-hydrogen) atoms. The first-order chi connectivity index (χ1) is 8.45. The van der Waals surface area contributed by atoms with Crippen molar-refractivity contribution in [3.05, 3.63) is 35.9 Å². The van der Waals surface area contributed by atoms with Gasteiger partial charge in [0, 0.05) is 19.2 Å². The Morgan fingerprint density at radius 2 is 1.78 bits per heavy atom. The fourth-order valence-electron chi connectivity index (χ4n) is 2.02. The van der Waals surface area contributed by atoms with Gasteiger partial charge >= 0.3 is 0 Å². The van der Waals surface area contributed by atoms with Crippen LogP contribution in [-0.4, -0.2) is 29.4 Å². The average molecular weight is 251 g/mol. The number of aliphatic hydroxyl groups excluding tert-OH is 2. The van der Waals surface area contributed by atoms with Gasteiger partial charge in [0.15, 0.2) is 0 Å². The molecule has 2 unspecified atom stereocenters. The van der Waals surface area contributed by atoms with Gasteiger partial charge in [-0.05, 0) is 17.4 Å². The minimum atomic E-state index is -0.505. The third-order valence-electron chi connectivity index (χ3n) is 3.21. The van der Waals surface area contributed by atoms with Crippen LogP contribution in [0.1, 0.15) is 38.9 Å². The van der Waals surface area contributed by atoms with E-state index in [2.05, 4.69) is 26.1 Å². The second-order valence-corrected chi connectivity index (χ2v) is 5.77. The van der Waals surface area contributed by atoms with Gasteiger partial charge in [-0.15, -0.1) is 0 Å². The molecular weight excluding hydrogens is 226 g/mol. The predicted molar refractivity (Wildman–Crippen MR) is 74.4 cm³/mol. The van der Waals surface area contributed by atoms with Gasteiger partial charge in [0.25, 0.3) is 0 Å². The maximum Gasteiger partial charge on any atom is 0.0914 e. The highest BCUT2D eigenvalue weighted by molar-refractivity contribution is 5.17. The van der Waals surface area contributed by atoms with Gasteiger partial charge in [0.2, 0.25) is 0 Å². The number of benzene rings is 1. The van der Waals surface area contributed by atoms with Gasteiger partial charge < -0.3 is 15.5 Å². The molecular formula is C15H25NO2. The Balaban J connectivity index is 2.52. The number of hydrogen-bond donors (Lipinski definition) is 3. The molecule has 0 fully saturated rings. The van der Waals surface area contributed by atoms with Crippen LogP contribution in [0, 0.1) is 5.41 Å². The molecule has 0 saturated carbocycles. The highest BCUT2D eigenvalue weighted by Gasteiger charge is 2.24. The van der Waals surface area contributed by atoms with Crippen molar-refractivity contribution in [3.63, 3.8) is 0 Å². The molecule has 0 radical (unpaired) electrons. The summed E-state index contributed by atoms with van der Waals surface area (Å²) in [4.78, 5) is 0. The zero-order valence-corrected chi connectivity index (χ0v) is 11.6. The number of aliphatic hydroxyl groups is 2. The second kappa shape index (κ2) is 6.88. The third kappa shape index (κ3) is 4.77. The Kier molecular flexibility index (Phi) is 5.79. The predicted octanol–water partition coefficient (Wildman–Crippen LogP) is 2.11. The van der Waals surface area contributed by atoms with Crippen molar-refractivity contribution in [1.29, 1.82) is 0 Å². The highest BCUT2D eigenvalue weighted by Crippen LogP contribution is 2.22. The molecule has 0 heterocycles. The van der Waals surface area contributed by atoms with Gasteiger partial charge in [-0.3, -0.25) is 0 Å². The first-order valence-corrected chi connectivity index (χ1v) is 6.52. The lowest BCUT2D eigenvalue weighted by molar-refractivity contribution is 0.142. The van der Waals surface area contributed by atoms with Crippen molar-refractivity contribution in [1.82, 2.24) is 5.32 Å². The summed E-state index contributed by atoms with van der Waals surface area (Å²) in [5, 5.41) is 22.5. The van der Waals surface area contributed by atoms with Crippen molar-refractivity contribution < 1.29 is 10.2 Å². The largest absolute Gasteiger partial charge is 0.396 e. The van der Waals surface area contributed by atoms with Crippen LogP contribution in [0.15, 0.2) is 30.3 Å². The molecule has 102 valence electrons. The van der Waals surface area contributed by atoms with Crippen molar-refractivity contribution in [2.24, 2.45) is 5.41 Å². The van der Waals surface area contributed by atoms with E-state index in [1.807, 2.05) is 30.3 Å². The Morgan fingerprint density at radius 3 is 2.28 bits per heavy atom. The molecule has 3 N–H and O–H groups in total. The summed E-state index contributed by atoms with van der Waals surface area (Å²) in [5.41, 5.74) is 0.987. The van der Waals surface area contributed by atoms with E-state index in [9.17, 15) is 5.11 Å². The maximum absolute atomic E-state index is 10.1. The van der Waals surface area contributed by atoms with E-state index >= 15 is 0 Å². The molecule has 1 rings (SSSR count). The average Bonchev–Trinajstić information content (AvgIpc) is 2.33. The zero-order chi connectivity index (χ0) is 13.6. The molecule has 0 aliphatic carbocycles. The summed E-state index contributed by atoms with van der Waals surface area (Å²) < 4.78 is 0. The number of hydrogen-bond acceptors (Lipinski definition) is 3. The fourth-order valence-corrected chi connectivity index (χ4v) is 2.02. The van der Waals surface area contributed by atoms with Gasteiger partial charge in [-0.1, -0.05) is 51.1 Å². The standard InChI is InChI=1S/C15H25NO2/c1-15(2,3)14(9-10-17)16-11-13(18)12-7-5-4-6-8-12/h4-8,13-14,16-18H,9-11H2,1-3H3. The number of rotatable bonds is 6. The minimum Gasteiger partial charge on any atom is -0.396 e. The van der Waals surface area contributed by atoms with Crippen molar-refractivity contribution in [2.75, 3.05) is 13.2 Å². The third-order valence-corrected chi connectivity index (χ3v) is 3.21. The van der Waals surface area contributed by atoms with Crippen LogP contribution in [0.2, 0.25) is 0 Å². The second-order valence-electron chi connectivity index (χ2n) is 5.77. The van der Waals surface area contributed by atoms with Crippen LogP contribution in [0.3, 0.4) is 0 Å². The molecule has 0 aliphatic rings. The van der Waals surface area contributed by atoms with Crippen LogP contribution in [0.5, 0.6) is 0 Å². The summed E-state index contributed by atoms with van der Waals surface area (Å²) in [7, 11) is 0. The Hall–Kier alpha value is -0.900. The topological polar surface area (TPSA) is 52.5 Å². The zero-order valence-electron chi connectivity index (χ0n) is 11.6. The lowest BCUT2D eigenvalue weighted by Gasteiger charge is -2.32. The molecule has 0 aliphatic heterocycles. The number of nitrogens with one attached hydrogen (secondary N) is 1. The maximum atomic E-state index is 10.1. The molecule has 0 spiro atoms. The Labute approximate surface area is 110 Å². The SMILES string of the molecule is CC(C)(C)C(CCO)NCC(O)c1ccccc1. The first-order valence-electron chi connectivity index (χ1n) is 6.52. The lowest BCUT2D eigenvalue weighted by Crippen LogP contribution is -2.42. The highest BCUT2D eigenvalue weighted by atomic mass is 16.3. The van der Waals surface area contributed by atoms with Gasteiger partial charge in [0.05, 0.1) is 6.10 Å². The van der Waals surface area contributed by atoms with E-state index in [1.54, 1.807) is 0 Å². The van der Waals surface area contributed by atoms with Crippen LogP contribution in [0.25, 0.3) is 0 Å². The van der Waals surface area contributed by atoms with Gasteiger partial charge in [-0.25, -0.2) is 0 Å². The van der Waals surface area contributed by atoms with Crippen molar-refractivity contribution in [2.45, 2.75) is 39.3 Å². The fraction of sp³-hybridized carbons (Fsp3) is 0.600. The smallest absolute Gasteiger partial charge is 0.0914 e. The van der Waals surface area contributed by atoms with E-state index in [1.165, 1.54) is 0 Å². The van der Waals surface area contributed by atoms with Crippen LogP contribution in [-0.2, 0) is 0 Å². The molecule has 0 saturated heterocycles. The molecule has 2 atom stereocenters. The molecule has 1 aromatic rings. The summed E-state index contributed by atoms with van der Waals surface area (Å²) in [6, 6.07) is 9.82. The van der Waals surface area contributed by atoms with E-state index in [0.717, 1.165) is 5.56 Å². The van der Waals surface area contributed by atoms with Crippen LogP contribution >= 0.6 is 0 Å². The van der Waals surface area contributed by atoms with Crippen molar-refractivity contribution >= 4 is 0 Å². The van der Waals surface area contributed by atoms with E-state index in [-0.39, 0.29) is 18.1 Å². The quantitative estimate of drug-likeness (QED) is 0.726. The van der Waals surface area contributed by atoms with Gasteiger partial charge in [0.1, 0.15) is 0 Å². The molecule has 1 aromatic carbocycles. The molecule has 0 bridgehead atoms. The Morgan fingerprint density at radius 1 is 1.17 bits per heavy atom. The molecule has 0 aromatic heterocycles. The summed E-state index contributed by atoms with van der Waals surface area (Å²) in [6.45, 7) is 7.07. The van der Waals surface area contributed by atoms with Crippen molar-refractivity contribution in [3.8, 4) is 0 Å². The molecule has 0 amide bonds. The van der Waals surface area contributed by atoms with E-state index < -0.39 is 6.10 Å². The van der Waals surface area contributed by atoms with E-state index in [0.29, 0.717) is 13.0 Å². The normalized spacial score (nSPS) is 15.4. The Bertz CT molecular complexity index is 332. The monoisotopic (exact) mass is 251 g/mol. The van der Waals surface area contributed by atoms with Gasteiger partial charge in [-0.2, -0.15) is 0 Å². The van der Waals surface area contributed by atoms with E-state index in [4.69, 9.17) is 5.11 Å². The lowest BCUT2D eigenvalue weighted by atomic mass is 9.85. The van der Waals surface area contributed by atoms with Crippen LogP contribution < -0.4 is 5.32 Å².